The van der Waals surface area contributed by atoms with Crippen molar-refractivity contribution in [2.45, 2.75) is 45.6 Å². The Bertz CT molecular complexity index is 354. The molecule has 1 aromatic rings. The zero-order chi connectivity index (χ0) is 11.5. The summed E-state index contributed by atoms with van der Waals surface area (Å²) in [6, 6.07) is 6.42. The highest BCUT2D eigenvalue weighted by Crippen LogP contribution is 2.27. The summed E-state index contributed by atoms with van der Waals surface area (Å²) in [4.78, 5) is 0. The predicted octanol–water partition coefficient (Wildman–Crippen LogP) is 3.69. The van der Waals surface area contributed by atoms with Gasteiger partial charge in [0.15, 0.2) is 0 Å². The number of benzene rings is 1. The van der Waals surface area contributed by atoms with Crippen LogP contribution in [0.5, 0.6) is 5.75 Å². The maximum Gasteiger partial charge on any atom is 0.120 e. The van der Waals surface area contributed by atoms with Crippen LogP contribution >= 0.6 is 0 Å². The molecule has 0 bridgehead atoms. The number of phenols is 1. The lowest BCUT2D eigenvalue weighted by molar-refractivity contribution is 0.361. The molecule has 2 rings (SSSR count). The minimum Gasteiger partial charge on any atom is -0.508 e. The molecule has 1 aromatic carbocycles. The van der Waals surface area contributed by atoms with Crippen molar-refractivity contribution < 1.29 is 5.11 Å². The van der Waals surface area contributed by atoms with Gasteiger partial charge < -0.3 is 10.4 Å². The highest BCUT2D eigenvalue weighted by molar-refractivity contribution is 5.51. The van der Waals surface area contributed by atoms with Crippen LogP contribution in [0.4, 0.5) is 5.69 Å². The number of hydrogen-bond acceptors (Lipinski definition) is 2. The Hall–Kier alpha value is -1.18. The smallest absolute Gasteiger partial charge is 0.120 e. The van der Waals surface area contributed by atoms with E-state index >= 15 is 0 Å². The van der Waals surface area contributed by atoms with Gasteiger partial charge >= 0.3 is 0 Å². The van der Waals surface area contributed by atoms with Gasteiger partial charge in [0.25, 0.3) is 0 Å². The molecule has 0 unspecified atom stereocenters. The van der Waals surface area contributed by atoms with Gasteiger partial charge in [-0.2, -0.15) is 0 Å². The van der Waals surface area contributed by atoms with Crippen LogP contribution < -0.4 is 5.32 Å². The quantitative estimate of drug-likeness (QED) is 0.795. The van der Waals surface area contributed by atoms with Gasteiger partial charge in [0, 0.05) is 17.8 Å². The van der Waals surface area contributed by atoms with Crippen molar-refractivity contribution in [3.05, 3.63) is 23.8 Å². The van der Waals surface area contributed by atoms with E-state index in [0.717, 1.165) is 17.2 Å². The third kappa shape index (κ3) is 2.69. The first-order valence-electron chi connectivity index (χ1n) is 6.21. The van der Waals surface area contributed by atoms with E-state index < -0.39 is 0 Å². The number of phenolic OH excluding ortho intramolecular Hbond substituents is 1. The van der Waals surface area contributed by atoms with E-state index in [1.807, 2.05) is 25.1 Å². The van der Waals surface area contributed by atoms with Gasteiger partial charge in [0.1, 0.15) is 5.75 Å². The van der Waals surface area contributed by atoms with Crippen LogP contribution in [0.15, 0.2) is 18.2 Å². The van der Waals surface area contributed by atoms with Crippen LogP contribution in [0.2, 0.25) is 0 Å². The monoisotopic (exact) mass is 219 g/mol. The summed E-state index contributed by atoms with van der Waals surface area (Å²) < 4.78 is 0. The van der Waals surface area contributed by atoms with E-state index in [1.165, 1.54) is 25.7 Å². The first-order valence-corrected chi connectivity index (χ1v) is 6.21. The van der Waals surface area contributed by atoms with Crippen LogP contribution in [0, 0.1) is 12.8 Å². The minimum atomic E-state index is 0.383. The normalized spacial score (nSPS) is 25.4. The molecule has 0 atom stereocenters. The van der Waals surface area contributed by atoms with Gasteiger partial charge in [0.2, 0.25) is 0 Å². The molecule has 2 nitrogen and oxygen atoms in total. The number of hydrogen-bond donors (Lipinski definition) is 2. The maximum absolute atomic E-state index is 9.63. The Morgan fingerprint density at radius 3 is 2.50 bits per heavy atom. The van der Waals surface area contributed by atoms with Crippen molar-refractivity contribution in [3.8, 4) is 5.75 Å². The number of nitrogens with one attached hydrogen (secondary N) is 1. The lowest BCUT2D eigenvalue weighted by Gasteiger charge is -2.27. The summed E-state index contributed by atoms with van der Waals surface area (Å²) in [7, 11) is 0. The SMILES string of the molecule is Cc1ccc(NC2CCC(C)CC2)cc1O. The third-order valence-corrected chi connectivity index (χ3v) is 3.60. The van der Waals surface area contributed by atoms with Gasteiger partial charge in [-0.15, -0.1) is 0 Å². The first-order chi connectivity index (χ1) is 7.65. The maximum atomic E-state index is 9.63. The number of aromatic hydroxyl groups is 1. The van der Waals surface area contributed by atoms with Gasteiger partial charge in [-0.1, -0.05) is 13.0 Å². The average Bonchev–Trinajstić information content (AvgIpc) is 2.27. The van der Waals surface area contributed by atoms with Crippen molar-refractivity contribution >= 4 is 5.69 Å². The van der Waals surface area contributed by atoms with E-state index in [4.69, 9.17) is 0 Å². The fourth-order valence-electron chi connectivity index (χ4n) is 2.34. The molecule has 0 spiro atoms. The fraction of sp³-hybridized carbons (Fsp3) is 0.571. The molecule has 1 saturated carbocycles. The molecule has 2 N–H and O–H groups in total. The third-order valence-electron chi connectivity index (χ3n) is 3.60. The summed E-state index contributed by atoms with van der Waals surface area (Å²) in [6.07, 6.45) is 5.12. The van der Waals surface area contributed by atoms with E-state index in [0.29, 0.717) is 11.8 Å². The van der Waals surface area contributed by atoms with Crippen molar-refractivity contribution in [1.29, 1.82) is 0 Å². The molecule has 1 aliphatic carbocycles. The highest BCUT2D eigenvalue weighted by Gasteiger charge is 2.17. The standard InChI is InChI=1S/C14H21NO/c1-10-3-6-12(7-4-10)15-13-8-5-11(2)14(16)9-13/h5,8-10,12,15-16H,3-4,6-7H2,1-2H3. The van der Waals surface area contributed by atoms with Gasteiger partial charge in [-0.25, -0.2) is 0 Å². The molecule has 2 heteroatoms. The Labute approximate surface area is 97.7 Å². The summed E-state index contributed by atoms with van der Waals surface area (Å²) in [5.74, 6) is 1.26. The molecule has 0 aromatic heterocycles. The zero-order valence-electron chi connectivity index (χ0n) is 10.2. The average molecular weight is 219 g/mol. The van der Waals surface area contributed by atoms with Crippen LogP contribution in [0.25, 0.3) is 0 Å². The topological polar surface area (TPSA) is 32.3 Å². The van der Waals surface area contributed by atoms with Crippen LogP contribution in [-0.4, -0.2) is 11.1 Å². The second-order valence-corrected chi connectivity index (χ2v) is 5.10. The number of rotatable bonds is 2. The lowest BCUT2D eigenvalue weighted by Crippen LogP contribution is -2.25. The van der Waals surface area contributed by atoms with Crippen molar-refractivity contribution in [3.63, 3.8) is 0 Å². The fourth-order valence-corrected chi connectivity index (χ4v) is 2.34. The van der Waals surface area contributed by atoms with Crippen molar-refractivity contribution in [1.82, 2.24) is 0 Å². The molecule has 88 valence electrons. The zero-order valence-corrected chi connectivity index (χ0v) is 10.2. The molecule has 0 heterocycles. The minimum absolute atomic E-state index is 0.383. The largest absolute Gasteiger partial charge is 0.508 e. The number of anilines is 1. The molecule has 0 amide bonds. The molecular weight excluding hydrogens is 198 g/mol. The molecular formula is C14H21NO. The van der Waals surface area contributed by atoms with E-state index in [1.54, 1.807) is 0 Å². The Morgan fingerprint density at radius 1 is 1.19 bits per heavy atom. The van der Waals surface area contributed by atoms with Gasteiger partial charge in [-0.05, 0) is 50.2 Å². The van der Waals surface area contributed by atoms with E-state index in [-0.39, 0.29) is 0 Å². The van der Waals surface area contributed by atoms with Gasteiger partial charge in [-0.3, -0.25) is 0 Å². The molecule has 0 aliphatic heterocycles. The number of aryl methyl sites for hydroxylation is 1. The molecule has 16 heavy (non-hydrogen) atoms. The van der Waals surface area contributed by atoms with Crippen molar-refractivity contribution in [2.75, 3.05) is 5.32 Å². The summed E-state index contributed by atoms with van der Waals surface area (Å²) in [6.45, 7) is 4.25. The molecule has 0 saturated heterocycles. The molecule has 0 radical (unpaired) electrons. The molecule has 1 fully saturated rings. The molecule has 1 aliphatic rings. The Morgan fingerprint density at radius 2 is 1.88 bits per heavy atom. The summed E-state index contributed by atoms with van der Waals surface area (Å²) in [5.41, 5.74) is 1.98. The summed E-state index contributed by atoms with van der Waals surface area (Å²) >= 11 is 0. The second kappa shape index (κ2) is 4.77. The first kappa shape index (κ1) is 11.3. The van der Waals surface area contributed by atoms with Crippen LogP contribution in [0.3, 0.4) is 0 Å². The summed E-state index contributed by atoms with van der Waals surface area (Å²) in [5, 5.41) is 13.1. The van der Waals surface area contributed by atoms with Crippen LogP contribution in [-0.2, 0) is 0 Å². The highest BCUT2D eigenvalue weighted by atomic mass is 16.3. The van der Waals surface area contributed by atoms with Crippen LogP contribution in [0.1, 0.15) is 38.2 Å². The second-order valence-electron chi connectivity index (χ2n) is 5.10. The van der Waals surface area contributed by atoms with Crippen molar-refractivity contribution in [2.24, 2.45) is 5.92 Å². The van der Waals surface area contributed by atoms with E-state index in [9.17, 15) is 5.11 Å². The Balaban J connectivity index is 1.96. The predicted molar refractivity (Wildman–Crippen MR) is 67.9 cm³/mol. The Kier molecular flexibility index (Phi) is 3.37. The van der Waals surface area contributed by atoms with Gasteiger partial charge in [0.05, 0.1) is 0 Å². The lowest BCUT2D eigenvalue weighted by atomic mass is 9.87. The van der Waals surface area contributed by atoms with E-state index in [2.05, 4.69) is 12.2 Å².